The van der Waals surface area contributed by atoms with Gasteiger partial charge >= 0.3 is 0 Å². The molecular weight excluding hydrogens is 272 g/mol. The maximum atomic E-state index is 12.0. The van der Waals surface area contributed by atoms with Gasteiger partial charge in [0, 0.05) is 12.3 Å². The Morgan fingerprint density at radius 2 is 1.85 bits per heavy atom. The molecule has 0 saturated heterocycles. The van der Waals surface area contributed by atoms with E-state index in [1.54, 1.807) is 0 Å². The van der Waals surface area contributed by atoms with Gasteiger partial charge in [0.15, 0.2) is 0 Å². The Hall–Kier alpha value is -1.49. The summed E-state index contributed by atoms with van der Waals surface area (Å²) in [6, 6.07) is 8.97. The van der Waals surface area contributed by atoms with E-state index in [0.717, 1.165) is 5.56 Å². The largest absolute Gasteiger partial charge is 0.353 e. The molecule has 20 heavy (non-hydrogen) atoms. The van der Waals surface area contributed by atoms with Crippen LogP contribution in [0.4, 0.5) is 0 Å². The second-order valence-corrected chi connectivity index (χ2v) is 5.41. The molecule has 0 aliphatic carbocycles. The third-order valence-corrected chi connectivity index (χ3v) is 3.11. The average molecular weight is 294 g/mol. The molecule has 2 amide bonds. The van der Waals surface area contributed by atoms with E-state index in [1.165, 1.54) is 0 Å². The maximum Gasteiger partial charge on any atom is 0.242 e. The lowest BCUT2D eigenvalue weighted by Gasteiger charge is -2.21. The van der Waals surface area contributed by atoms with Crippen molar-refractivity contribution in [3.63, 3.8) is 0 Å². The van der Waals surface area contributed by atoms with Gasteiger partial charge in [0.1, 0.15) is 6.04 Å². The number of hydrogen-bond acceptors (Lipinski definition) is 3. The van der Waals surface area contributed by atoms with E-state index in [1.807, 2.05) is 44.2 Å². The molecule has 5 heteroatoms. The van der Waals surface area contributed by atoms with Crippen molar-refractivity contribution in [3.8, 4) is 0 Å². The lowest BCUT2D eigenvalue weighted by Crippen LogP contribution is -2.50. The molecule has 0 aromatic heterocycles. The summed E-state index contributed by atoms with van der Waals surface area (Å²) >= 11 is 4.05. The second kappa shape index (κ2) is 8.64. The predicted octanol–water partition coefficient (Wildman–Crippen LogP) is 1.42. The highest BCUT2D eigenvalue weighted by molar-refractivity contribution is 7.80. The van der Waals surface area contributed by atoms with Crippen molar-refractivity contribution in [2.75, 3.05) is 12.3 Å². The van der Waals surface area contributed by atoms with Crippen LogP contribution in [0.5, 0.6) is 0 Å². The quantitative estimate of drug-likeness (QED) is 0.666. The summed E-state index contributed by atoms with van der Waals surface area (Å²) < 4.78 is 0. The topological polar surface area (TPSA) is 58.2 Å². The lowest BCUT2D eigenvalue weighted by atomic mass is 10.0. The Morgan fingerprint density at radius 1 is 1.20 bits per heavy atom. The van der Waals surface area contributed by atoms with Crippen molar-refractivity contribution in [3.05, 3.63) is 35.9 Å². The number of nitrogens with one attached hydrogen (secondary N) is 2. The maximum absolute atomic E-state index is 12.0. The number of rotatable bonds is 7. The van der Waals surface area contributed by atoms with Crippen molar-refractivity contribution in [1.29, 1.82) is 0 Å². The standard InChI is InChI=1S/C15H22N2O2S/c1-11(2)14(15(19)16-8-9-20)17-13(18)10-12-6-4-3-5-7-12/h3-7,11,14,20H,8-10H2,1-2H3,(H,16,19)(H,17,18). The fraction of sp³-hybridized carbons (Fsp3) is 0.467. The highest BCUT2D eigenvalue weighted by Gasteiger charge is 2.23. The van der Waals surface area contributed by atoms with Gasteiger partial charge in [-0.1, -0.05) is 44.2 Å². The van der Waals surface area contributed by atoms with Crippen molar-refractivity contribution < 1.29 is 9.59 Å². The van der Waals surface area contributed by atoms with E-state index in [4.69, 9.17) is 0 Å². The van der Waals surface area contributed by atoms with Crippen molar-refractivity contribution in [2.24, 2.45) is 5.92 Å². The van der Waals surface area contributed by atoms with E-state index in [2.05, 4.69) is 23.3 Å². The third kappa shape index (κ3) is 5.65. The molecule has 1 rings (SSSR count). The molecule has 0 aliphatic heterocycles. The van der Waals surface area contributed by atoms with Gasteiger partial charge in [0.05, 0.1) is 6.42 Å². The highest BCUT2D eigenvalue weighted by Crippen LogP contribution is 2.04. The van der Waals surface area contributed by atoms with Gasteiger partial charge in [-0.25, -0.2) is 0 Å². The zero-order valence-corrected chi connectivity index (χ0v) is 12.8. The van der Waals surface area contributed by atoms with Crippen LogP contribution < -0.4 is 10.6 Å². The van der Waals surface area contributed by atoms with Crippen LogP contribution in [0.15, 0.2) is 30.3 Å². The first-order valence-electron chi connectivity index (χ1n) is 6.76. The summed E-state index contributed by atoms with van der Waals surface area (Å²) in [7, 11) is 0. The third-order valence-electron chi connectivity index (χ3n) is 2.88. The van der Waals surface area contributed by atoms with Gasteiger partial charge in [-0.05, 0) is 11.5 Å². The van der Waals surface area contributed by atoms with Crippen LogP contribution in [0, 0.1) is 5.92 Å². The summed E-state index contributed by atoms with van der Waals surface area (Å²) in [4.78, 5) is 24.0. The van der Waals surface area contributed by atoms with E-state index in [0.29, 0.717) is 12.3 Å². The molecular formula is C15H22N2O2S. The minimum Gasteiger partial charge on any atom is -0.353 e. The summed E-state index contributed by atoms with van der Waals surface area (Å²) in [5.74, 6) is 0.315. The van der Waals surface area contributed by atoms with E-state index in [9.17, 15) is 9.59 Å². The molecule has 0 bridgehead atoms. The molecule has 4 nitrogen and oxygen atoms in total. The van der Waals surface area contributed by atoms with Crippen molar-refractivity contribution in [1.82, 2.24) is 10.6 Å². The molecule has 1 aromatic carbocycles. The van der Waals surface area contributed by atoms with Gasteiger partial charge in [0.2, 0.25) is 11.8 Å². The molecule has 0 heterocycles. The molecule has 0 fully saturated rings. The molecule has 0 saturated carbocycles. The molecule has 1 unspecified atom stereocenters. The van der Waals surface area contributed by atoms with Gasteiger partial charge in [-0.15, -0.1) is 0 Å². The summed E-state index contributed by atoms with van der Waals surface area (Å²) in [5.41, 5.74) is 0.934. The molecule has 0 aliphatic rings. The zero-order valence-electron chi connectivity index (χ0n) is 11.9. The number of carbonyl (C=O) groups is 2. The fourth-order valence-electron chi connectivity index (χ4n) is 1.83. The number of benzene rings is 1. The first-order valence-corrected chi connectivity index (χ1v) is 7.39. The molecule has 1 aromatic rings. The van der Waals surface area contributed by atoms with Crippen molar-refractivity contribution >= 4 is 24.4 Å². The van der Waals surface area contributed by atoms with Crippen molar-refractivity contribution in [2.45, 2.75) is 26.3 Å². The number of amides is 2. The minimum absolute atomic E-state index is 0.0367. The lowest BCUT2D eigenvalue weighted by molar-refractivity contribution is -0.129. The molecule has 0 radical (unpaired) electrons. The summed E-state index contributed by atoms with van der Waals surface area (Å²) in [6.45, 7) is 4.32. The zero-order chi connectivity index (χ0) is 15.0. The molecule has 0 spiro atoms. The molecule has 1 atom stereocenters. The average Bonchev–Trinajstić information content (AvgIpc) is 2.43. The SMILES string of the molecule is CC(C)C(NC(=O)Cc1ccccc1)C(=O)NCCS. The summed E-state index contributed by atoms with van der Waals surface area (Å²) in [6.07, 6.45) is 0.282. The normalized spacial score (nSPS) is 12.0. The minimum atomic E-state index is -0.508. The van der Waals surface area contributed by atoms with Gasteiger partial charge in [-0.2, -0.15) is 12.6 Å². The fourth-order valence-corrected chi connectivity index (χ4v) is 1.94. The highest BCUT2D eigenvalue weighted by atomic mass is 32.1. The monoisotopic (exact) mass is 294 g/mol. The first-order chi connectivity index (χ1) is 9.54. The molecule has 110 valence electrons. The number of thiol groups is 1. The Bertz CT molecular complexity index is 435. The predicted molar refractivity (Wildman–Crippen MR) is 83.8 cm³/mol. The van der Waals surface area contributed by atoms with Gasteiger partial charge in [-0.3, -0.25) is 9.59 Å². The first kappa shape index (κ1) is 16.6. The Labute approximate surface area is 125 Å². The van der Waals surface area contributed by atoms with Crippen LogP contribution in [0.2, 0.25) is 0 Å². The van der Waals surface area contributed by atoms with Crippen LogP contribution >= 0.6 is 12.6 Å². The Balaban J connectivity index is 2.57. The smallest absolute Gasteiger partial charge is 0.242 e. The number of carbonyl (C=O) groups excluding carboxylic acids is 2. The van der Waals surface area contributed by atoms with E-state index >= 15 is 0 Å². The van der Waals surface area contributed by atoms with Crippen LogP contribution in [-0.2, 0) is 16.0 Å². The van der Waals surface area contributed by atoms with Crippen LogP contribution in [0.1, 0.15) is 19.4 Å². The van der Waals surface area contributed by atoms with Crippen LogP contribution in [0.3, 0.4) is 0 Å². The Morgan fingerprint density at radius 3 is 2.40 bits per heavy atom. The van der Waals surface area contributed by atoms with E-state index < -0.39 is 6.04 Å². The van der Waals surface area contributed by atoms with Crippen LogP contribution in [-0.4, -0.2) is 30.2 Å². The second-order valence-electron chi connectivity index (χ2n) is 4.97. The molecule has 2 N–H and O–H groups in total. The van der Waals surface area contributed by atoms with Gasteiger partial charge < -0.3 is 10.6 Å². The van der Waals surface area contributed by atoms with Crippen LogP contribution in [0.25, 0.3) is 0 Å². The van der Waals surface area contributed by atoms with Gasteiger partial charge in [0.25, 0.3) is 0 Å². The van der Waals surface area contributed by atoms with E-state index in [-0.39, 0.29) is 24.2 Å². The number of hydrogen-bond donors (Lipinski definition) is 3. The summed E-state index contributed by atoms with van der Waals surface area (Å²) in [5, 5.41) is 5.55. The Kier molecular flexibility index (Phi) is 7.15.